The number of amides is 1. The Labute approximate surface area is 183 Å². The zero-order valence-corrected chi connectivity index (χ0v) is 17.9. The Kier molecular flexibility index (Phi) is 5.79. The second-order valence-corrected chi connectivity index (χ2v) is 9.21. The van der Waals surface area contributed by atoms with Gasteiger partial charge in [-0.05, 0) is 42.5 Å². The molecule has 1 N–H and O–H groups in total. The van der Waals surface area contributed by atoms with E-state index >= 15 is 0 Å². The van der Waals surface area contributed by atoms with Crippen molar-refractivity contribution in [3.63, 3.8) is 0 Å². The van der Waals surface area contributed by atoms with Crippen LogP contribution in [0.1, 0.15) is 0 Å². The zero-order chi connectivity index (χ0) is 19.7. The van der Waals surface area contributed by atoms with Crippen LogP contribution in [0.4, 0.5) is 5.69 Å². The van der Waals surface area contributed by atoms with Crippen LogP contribution in [0.2, 0.25) is 10.0 Å². The molecule has 0 aliphatic carbocycles. The van der Waals surface area contributed by atoms with E-state index in [9.17, 15) is 4.79 Å². The number of aromatic nitrogens is 2. The van der Waals surface area contributed by atoms with Gasteiger partial charge in [0.2, 0.25) is 12.7 Å². The van der Waals surface area contributed by atoms with Crippen LogP contribution < -0.4 is 14.8 Å². The molecule has 1 aliphatic rings. The summed E-state index contributed by atoms with van der Waals surface area (Å²) in [7, 11) is 0. The maximum atomic E-state index is 12.2. The normalized spacial score (nSPS) is 12.2. The van der Waals surface area contributed by atoms with Crippen LogP contribution in [-0.2, 0) is 4.79 Å². The van der Waals surface area contributed by atoms with Gasteiger partial charge in [0.25, 0.3) is 0 Å². The fraction of sp³-hybridized carbons (Fsp3) is 0.118. The summed E-state index contributed by atoms with van der Waals surface area (Å²) < 4.78 is 13.4. The Morgan fingerprint density at radius 2 is 2.04 bits per heavy atom. The van der Waals surface area contributed by atoms with E-state index in [0.717, 1.165) is 0 Å². The van der Waals surface area contributed by atoms with Crippen molar-refractivity contribution in [1.29, 1.82) is 0 Å². The molecule has 0 atom stereocenters. The molecular weight excluding hydrogens is 461 g/mol. The summed E-state index contributed by atoms with van der Waals surface area (Å²) in [6.07, 6.45) is 0. The summed E-state index contributed by atoms with van der Waals surface area (Å²) >= 11 is 20.0. The lowest BCUT2D eigenvalue weighted by molar-refractivity contribution is -0.113. The average Bonchev–Trinajstić information content (AvgIpc) is 3.28. The molecule has 1 amide bonds. The summed E-state index contributed by atoms with van der Waals surface area (Å²) in [5, 5.41) is 8.16. The van der Waals surface area contributed by atoms with Crippen molar-refractivity contribution in [2.24, 2.45) is 0 Å². The lowest BCUT2D eigenvalue weighted by atomic mass is 10.3. The third-order valence-electron chi connectivity index (χ3n) is 3.66. The summed E-state index contributed by atoms with van der Waals surface area (Å²) in [4.78, 5) is 12.2. The second-order valence-electron chi connectivity index (χ2n) is 5.55. The number of anilines is 1. The topological polar surface area (TPSA) is 65.4 Å². The third kappa shape index (κ3) is 4.28. The number of nitrogens with one attached hydrogen (secondary N) is 1. The maximum absolute atomic E-state index is 12.2. The predicted octanol–water partition coefficient (Wildman–Crippen LogP) is 5.43. The van der Waals surface area contributed by atoms with E-state index in [1.54, 1.807) is 41.1 Å². The summed E-state index contributed by atoms with van der Waals surface area (Å²) in [6.45, 7) is 0.189. The van der Waals surface area contributed by atoms with Crippen molar-refractivity contribution in [3.05, 3.63) is 50.4 Å². The summed E-state index contributed by atoms with van der Waals surface area (Å²) in [5.74, 6) is 1.31. The van der Waals surface area contributed by atoms with Crippen LogP contribution in [0, 0.1) is 3.95 Å². The fourth-order valence-corrected chi connectivity index (χ4v) is 4.85. The maximum Gasteiger partial charge on any atom is 0.234 e. The Bertz CT molecular complexity index is 1120. The highest BCUT2D eigenvalue weighted by molar-refractivity contribution is 8.01. The quantitative estimate of drug-likeness (QED) is 0.395. The van der Waals surface area contributed by atoms with Crippen LogP contribution >= 0.6 is 58.5 Å². The highest BCUT2D eigenvalue weighted by Gasteiger charge is 2.15. The van der Waals surface area contributed by atoms with Gasteiger partial charge in [-0.15, -0.1) is 5.10 Å². The fourth-order valence-electron chi connectivity index (χ4n) is 2.40. The molecule has 0 fully saturated rings. The van der Waals surface area contributed by atoms with Crippen molar-refractivity contribution in [3.8, 4) is 17.2 Å². The molecule has 3 aromatic rings. The Morgan fingerprint density at radius 1 is 1.21 bits per heavy atom. The van der Waals surface area contributed by atoms with Gasteiger partial charge in [0.1, 0.15) is 0 Å². The number of benzene rings is 2. The van der Waals surface area contributed by atoms with E-state index in [1.165, 1.54) is 23.1 Å². The minimum Gasteiger partial charge on any atom is -0.454 e. The van der Waals surface area contributed by atoms with Crippen molar-refractivity contribution in [2.45, 2.75) is 4.34 Å². The van der Waals surface area contributed by atoms with Gasteiger partial charge in [0.15, 0.2) is 19.8 Å². The second kappa shape index (κ2) is 8.30. The number of ether oxygens (including phenoxy) is 2. The number of carbonyl (C=O) groups is 1. The predicted molar refractivity (Wildman–Crippen MR) is 114 cm³/mol. The van der Waals surface area contributed by atoms with E-state index in [-0.39, 0.29) is 18.5 Å². The van der Waals surface area contributed by atoms with Crippen LogP contribution in [0.3, 0.4) is 0 Å². The van der Waals surface area contributed by atoms with Gasteiger partial charge in [-0.2, -0.15) is 0 Å². The number of hydrogen-bond acceptors (Lipinski definition) is 7. The lowest BCUT2D eigenvalue weighted by Gasteiger charge is -2.05. The first-order chi connectivity index (χ1) is 13.5. The number of hydrogen-bond donors (Lipinski definition) is 1. The number of rotatable bonds is 5. The molecule has 0 radical (unpaired) electrons. The van der Waals surface area contributed by atoms with E-state index in [2.05, 4.69) is 10.4 Å². The highest BCUT2D eigenvalue weighted by atomic mass is 35.5. The van der Waals surface area contributed by atoms with Gasteiger partial charge in [0, 0.05) is 11.8 Å². The average molecular weight is 472 g/mol. The van der Waals surface area contributed by atoms with Gasteiger partial charge in [-0.1, -0.05) is 46.3 Å². The van der Waals surface area contributed by atoms with Crippen molar-refractivity contribution in [2.75, 3.05) is 17.9 Å². The number of carbonyl (C=O) groups excluding carboxylic acids is 1. The van der Waals surface area contributed by atoms with Gasteiger partial charge >= 0.3 is 0 Å². The first-order valence-corrected chi connectivity index (χ1v) is 10.8. The molecule has 6 nitrogen and oxygen atoms in total. The number of halogens is 2. The minimum atomic E-state index is -0.161. The molecule has 11 heteroatoms. The smallest absolute Gasteiger partial charge is 0.234 e. The standard InChI is InChI=1S/C17H11Cl2N3O3S3/c18-11-3-2-10(6-12(11)19)22-17(26)28-16(21-22)27-7-15(23)20-9-1-4-13-14(5-9)25-8-24-13/h1-6H,7-8H2,(H,20,23). The van der Waals surface area contributed by atoms with Gasteiger partial charge in [-0.25, -0.2) is 4.68 Å². The van der Waals surface area contributed by atoms with E-state index in [0.29, 0.717) is 41.2 Å². The largest absolute Gasteiger partial charge is 0.454 e. The van der Waals surface area contributed by atoms with E-state index in [4.69, 9.17) is 44.9 Å². The summed E-state index contributed by atoms with van der Waals surface area (Å²) in [6, 6.07) is 10.4. The van der Waals surface area contributed by atoms with Crippen molar-refractivity contribution in [1.82, 2.24) is 9.78 Å². The van der Waals surface area contributed by atoms with E-state index in [1.807, 2.05) is 0 Å². The molecule has 4 rings (SSSR count). The van der Waals surface area contributed by atoms with Gasteiger partial charge < -0.3 is 14.8 Å². The highest BCUT2D eigenvalue weighted by Crippen LogP contribution is 2.34. The molecule has 0 spiro atoms. The molecule has 2 aromatic carbocycles. The van der Waals surface area contributed by atoms with Crippen molar-refractivity contribution >= 4 is 70.1 Å². The van der Waals surface area contributed by atoms with Crippen LogP contribution in [0.5, 0.6) is 11.5 Å². The van der Waals surface area contributed by atoms with Crippen LogP contribution in [-0.4, -0.2) is 28.2 Å². The molecule has 0 bridgehead atoms. The van der Waals surface area contributed by atoms with Gasteiger partial charge in [-0.3, -0.25) is 4.79 Å². The third-order valence-corrected chi connectivity index (χ3v) is 6.76. The minimum absolute atomic E-state index is 0.161. The number of thioether (sulfide) groups is 1. The zero-order valence-electron chi connectivity index (χ0n) is 14.0. The summed E-state index contributed by atoms with van der Waals surface area (Å²) in [5.41, 5.74) is 1.36. The van der Waals surface area contributed by atoms with Crippen LogP contribution in [0.25, 0.3) is 5.69 Å². The molecule has 28 heavy (non-hydrogen) atoms. The first kappa shape index (κ1) is 19.5. The molecule has 2 heterocycles. The molecule has 1 aromatic heterocycles. The Hall–Kier alpha value is -1.78. The monoisotopic (exact) mass is 471 g/mol. The lowest BCUT2D eigenvalue weighted by Crippen LogP contribution is -2.13. The molecular formula is C17H11Cl2N3O3S3. The molecule has 0 saturated heterocycles. The molecule has 0 unspecified atom stereocenters. The molecule has 0 saturated carbocycles. The van der Waals surface area contributed by atoms with Crippen LogP contribution in [0.15, 0.2) is 40.7 Å². The Balaban J connectivity index is 1.40. The number of nitrogens with zero attached hydrogens (tertiary/aromatic N) is 2. The molecule has 1 aliphatic heterocycles. The van der Waals surface area contributed by atoms with Gasteiger partial charge in [0.05, 0.1) is 21.5 Å². The SMILES string of the molecule is O=C(CSc1nn(-c2ccc(Cl)c(Cl)c2)c(=S)s1)Nc1ccc2c(c1)OCO2. The van der Waals surface area contributed by atoms with E-state index < -0.39 is 0 Å². The van der Waals surface area contributed by atoms with Crippen molar-refractivity contribution < 1.29 is 14.3 Å². The number of fused-ring (bicyclic) bond motifs is 1. The molecule has 144 valence electrons. The first-order valence-electron chi connectivity index (χ1n) is 7.87. The Morgan fingerprint density at radius 3 is 2.86 bits per heavy atom.